The Kier molecular flexibility index (Phi) is 5.91. The van der Waals surface area contributed by atoms with Crippen LogP contribution in [0.15, 0.2) is 48.5 Å². The van der Waals surface area contributed by atoms with Crippen molar-refractivity contribution in [2.45, 2.75) is 20.3 Å². The predicted octanol–water partition coefficient (Wildman–Crippen LogP) is 5.35. The van der Waals surface area contributed by atoms with Crippen LogP contribution in [-0.4, -0.2) is 17.5 Å². The molecule has 2 aromatic carbocycles. The molecular weight excluding hydrogens is 368 g/mol. The maximum absolute atomic E-state index is 12.2. The van der Waals surface area contributed by atoms with Crippen molar-refractivity contribution in [1.29, 1.82) is 0 Å². The maximum Gasteiger partial charge on any atom is 0.264 e. The van der Waals surface area contributed by atoms with Crippen molar-refractivity contribution in [2.75, 3.05) is 11.9 Å². The second kappa shape index (κ2) is 8.34. The first-order valence-electron chi connectivity index (χ1n) is 8.30. The summed E-state index contributed by atoms with van der Waals surface area (Å²) in [6.07, 6.45) is 0.925. The summed E-state index contributed by atoms with van der Waals surface area (Å²) in [5, 5.41) is 4.00. The number of amides is 1. The fourth-order valence-electron chi connectivity index (χ4n) is 2.51. The highest BCUT2D eigenvalue weighted by Crippen LogP contribution is 2.31. The fourth-order valence-corrected chi connectivity index (χ4v) is 3.56. The number of carbonyl (C=O) groups is 1. The SMILES string of the molecule is CCc1cccc(OCC(=O)Nc2nc(-c3cccc(Cl)c3)c(C)s2)c1. The van der Waals surface area contributed by atoms with Gasteiger partial charge in [-0.25, -0.2) is 4.98 Å². The number of ether oxygens (including phenoxy) is 1. The highest BCUT2D eigenvalue weighted by molar-refractivity contribution is 7.16. The van der Waals surface area contributed by atoms with E-state index >= 15 is 0 Å². The zero-order chi connectivity index (χ0) is 18.5. The van der Waals surface area contributed by atoms with Gasteiger partial charge in [-0.05, 0) is 43.2 Å². The molecular formula is C20H19ClN2O2S. The van der Waals surface area contributed by atoms with Crippen molar-refractivity contribution in [2.24, 2.45) is 0 Å². The Balaban J connectivity index is 1.63. The average Bonchev–Trinajstić information content (AvgIpc) is 3.00. The van der Waals surface area contributed by atoms with E-state index in [4.69, 9.17) is 16.3 Å². The zero-order valence-electron chi connectivity index (χ0n) is 14.6. The van der Waals surface area contributed by atoms with E-state index in [1.165, 1.54) is 16.9 Å². The predicted molar refractivity (Wildman–Crippen MR) is 107 cm³/mol. The molecule has 0 spiro atoms. The molecule has 1 N–H and O–H groups in total. The van der Waals surface area contributed by atoms with E-state index in [9.17, 15) is 4.79 Å². The smallest absolute Gasteiger partial charge is 0.264 e. The molecule has 3 aromatic rings. The van der Waals surface area contributed by atoms with Crippen LogP contribution in [0.3, 0.4) is 0 Å². The molecule has 0 aliphatic rings. The molecule has 3 rings (SSSR count). The third-order valence-electron chi connectivity index (χ3n) is 3.82. The lowest BCUT2D eigenvalue weighted by Gasteiger charge is -2.07. The molecule has 6 heteroatoms. The van der Waals surface area contributed by atoms with Crippen molar-refractivity contribution in [3.05, 3.63) is 64.0 Å². The van der Waals surface area contributed by atoms with E-state index in [1.807, 2.05) is 55.5 Å². The van der Waals surface area contributed by atoms with Crippen molar-refractivity contribution < 1.29 is 9.53 Å². The highest BCUT2D eigenvalue weighted by Gasteiger charge is 2.13. The minimum Gasteiger partial charge on any atom is -0.484 e. The van der Waals surface area contributed by atoms with Gasteiger partial charge in [-0.2, -0.15) is 0 Å². The van der Waals surface area contributed by atoms with Gasteiger partial charge in [0.05, 0.1) is 5.69 Å². The summed E-state index contributed by atoms with van der Waals surface area (Å²) in [6, 6.07) is 15.3. The largest absolute Gasteiger partial charge is 0.484 e. The number of halogens is 1. The number of nitrogens with one attached hydrogen (secondary N) is 1. The number of aryl methyl sites for hydroxylation is 2. The van der Waals surface area contributed by atoms with Crippen LogP contribution in [0, 0.1) is 6.92 Å². The maximum atomic E-state index is 12.2. The van der Waals surface area contributed by atoms with Gasteiger partial charge in [-0.3, -0.25) is 10.1 Å². The van der Waals surface area contributed by atoms with Crippen LogP contribution < -0.4 is 10.1 Å². The van der Waals surface area contributed by atoms with Crippen LogP contribution in [-0.2, 0) is 11.2 Å². The topological polar surface area (TPSA) is 51.2 Å². The van der Waals surface area contributed by atoms with Gasteiger partial charge in [0.1, 0.15) is 5.75 Å². The Morgan fingerprint density at radius 1 is 1.23 bits per heavy atom. The summed E-state index contributed by atoms with van der Waals surface area (Å²) in [7, 11) is 0. The van der Waals surface area contributed by atoms with Crippen molar-refractivity contribution in [3.63, 3.8) is 0 Å². The van der Waals surface area contributed by atoms with E-state index < -0.39 is 0 Å². The molecule has 0 unspecified atom stereocenters. The summed E-state index contributed by atoms with van der Waals surface area (Å²) in [5.41, 5.74) is 2.92. The highest BCUT2D eigenvalue weighted by atomic mass is 35.5. The molecule has 1 heterocycles. The van der Waals surface area contributed by atoms with Crippen LogP contribution in [0.25, 0.3) is 11.3 Å². The molecule has 0 saturated heterocycles. The first-order valence-corrected chi connectivity index (χ1v) is 9.49. The minimum absolute atomic E-state index is 0.0572. The Labute approximate surface area is 161 Å². The van der Waals surface area contributed by atoms with Crippen LogP contribution in [0.4, 0.5) is 5.13 Å². The minimum atomic E-state index is -0.238. The second-order valence-corrected chi connectivity index (χ2v) is 7.41. The fraction of sp³-hybridized carbons (Fsp3) is 0.200. The number of aromatic nitrogens is 1. The summed E-state index contributed by atoms with van der Waals surface area (Å²) >= 11 is 7.48. The molecule has 4 nitrogen and oxygen atoms in total. The number of hydrogen-bond acceptors (Lipinski definition) is 4. The number of hydrogen-bond donors (Lipinski definition) is 1. The van der Waals surface area contributed by atoms with E-state index in [0.29, 0.717) is 15.9 Å². The summed E-state index contributed by atoms with van der Waals surface area (Å²) in [4.78, 5) is 17.7. The van der Waals surface area contributed by atoms with Crippen LogP contribution in [0.5, 0.6) is 5.75 Å². The van der Waals surface area contributed by atoms with Crippen LogP contribution >= 0.6 is 22.9 Å². The number of anilines is 1. The van der Waals surface area contributed by atoms with Crippen molar-refractivity contribution >= 4 is 34.0 Å². The Hall–Kier alpha value is -2.37. The van der Waals surface area contributed by atoms with Gasteiger partial charge in [0.15, 0.2) is 11.7 Å². The molecule has 1 aromatic heterocycles. The first kappa shape index (κ1) is 18.4. The number of rotatable bonds is 6. The third kappa shape index (κ3) is 4.62. The molecule has 0 radical (unpaired) electrons. The second-order valence-electron chi connectivity index (χ2n) is 5.77. The Morgan fingerprint density at radius 2 is 2.04 bits per heavy atom. The zero-order valence-corrected chi connectivity index (χ0v) is 16.2. The standard InChI is InChI=1S/C20H19ClN2O2S/c1-3-14-6-4-9-17(10-14)25-12-18(24)22-20-23-19(13(2)26-20)15-7-5-8-16(21)11-15/h4-11H,3,12H2,1-2H3,(H,22,23,24). The molecule has 0 aliphatic heterocycles. The molecule has 0 fully saturated rings. The van der Waals surface area contributed by atoms with E-state index in [1.54, 1.807) is 0 Å². The molecule has 1 amide bonds. The van der Waals surface area contributed by atoms with E-state index in [-0.39, 0.29) is 12.5 Å². The van der Waals surface area contributed by atoms with Gasteiger partial charge in [-0.15, -0.1) is 11.3 Å². The Morgan fingerprint density at radius 3 is 2.81 bits per heavy atom. The van der Waals surface area contributed by atoms with Gasteiger partial charge in [0, 0.05) is 15.5 Å². The molecule has 0 saturated carbocycles. The van der Waals surface area contributed by atoms with Crippen LogP contribution in [0.2, 0.25) is 5.02 Å². The number of thiazole rings is 1. The normalized spacial score (nSPS) is 10.6. The number of benzene rings is 2. The summed E-state index contributed by atoms with van der Waals surface area (Å²) in [6.45, 7) is 3.99. The third-order valence-corrected chi connectivity index (χ3v) is 4.94. The summed E-state index contributed by atoms with van der Waals surface area (Å²) in [5.74, 6) is 0.452. The van der Waals surface area contributed by atoms with Gasteiger partial charge in [0.25, 0.3) is 5.91 Å². The van der Waals surface area contributed by atoms with Crippen LogP contribution in [0.1, 0.15) is 17.4 Å². The van der Waals surface area contributed by atoms with Gasteiger partial charge in [-0.1, -0.05) is 42.8 Å². The molecule has 0 atom stereocenters. The lowest BCUT2D eigenvalue weighted by Crippen LogP contribution is -2.20. The molecule has 26 heavy (non-hydrogen) atoms. The molecule has 0 aliphatic carbocycles. The monoisotopic (exact) mass is 386 g/mol. The summed E-state index contributed by atoms with van der Waals surface area (Å²) < 4.78 is 5.57. The molecule has 0 bridgehead atoms. The van der Waals surface area contributed by atoms with E-state index in [2.05, 4.69) is 17.2 Å². The number of nitrogens with zero attached hydrogens (tertiary/aromatic N) is 1. The lowest BCUT2D eigenvalue weighted by atomic mass is 10.1. The van der Waals surface area contributed by atoms with Crippen molar-refractivity contribution in [1.82, 2.24) is 4.98 Å². The number of carbonyl (C=O) groups excluding carboxylic acids is 1. The average molecular weight is 387 g/mol. The first-order chi connectivity index (χ1) is 12.5. The van der Waals surface area contributed by atoms with Gasteiger partial charge in [0.2, 0.25) is 0 Å². The lowest BCUT2D eigenvalue weighted by molar-refractivity contribution is -0.118. The Bertz CT molecular complexity index is 924. The van der Waals surface area contributed by atoms with Gasteiger partial charge >= 0.3 is 0 Å². The quantitative estimate of drug-likeness (QED) is 0.621. The van der Waals surface area contributed by atoms with Crippen molar-refractivity contribution in [3.8, 4) is 17.0 Å². The van der Waals surface area contributed by atoms with E-state index in [0.717, 1.165) is 22.6 Å². The molecule has 134 valence electrons. The van der Waals surface area contributed by atoms with Gasteiger partial charge < -0.3 is 4.74 Å².